The van der Waals surface area contributed by atoms with Gasteiger partial charge in [-0.05, 0) is 68.4 Å². The Kier molecular flexibility index (Phi) is 6.53. The average molecular weight is 586 g/mol. The van der Waals surface area contributed by atoms with Crippen LogP contribution in [0.3, 0.4) is 0 Å². The SMILES string of the molecule is Cc1ccc(S(=O)(=O)n2cc(-c3nc(NC4CC5CCC4CC5)cc(-c4cccnc4)n3)c3cc(F)cc(F)c32)cc1. The van der Waals surface area contributed by atoms with Gasteiger partial charge >= 0.3 is 0 Å². The van der Waals surface area contributed by atoms with Crippen LogP contribution < -0.4 is 5.32 Å². The van der Waals surface area contributed by atoms with Gasteiger partial charge in [-0.15, -0.1) is 0 Å². The Labute approximate surface area is 242 Å². The van der Waals surface area contributed by atoms with Crippen molar-refractivity contribution in [2.75, 3.05) is 5.32 Å². The van der Waals surface area contributed by atoms with Crippen LogP contribution in [0.1, 0.15) is 37.7 Å². The van der Waals surface area contributed by atoms with Crippen LogP contribution in [0.5, 0.6) is 0 Å². The van der Waals surface area contributed by atoms with E-state index in [1.165, 1.54) is 44.0 Å². The molecule has 3 fully saturated rings. The predicted molar refractivity (Wildman–Crippen MR) is 157 cm³/mol. The highest BCUT2D eigenvalue weighted by molar-refractivity contribution is 7.90. The Morgan fingerprint density at radius 3 is 2.45 bits per heavy atom. The lowest BCUT2D eigenvalue weighted by molar-refractivity contribution is 0.157. The summed E-state index contributed by atoms with van der Waals surface area (Å²) in [6.45, 7) is 1.85. The molecule has 2 bridgehead atoms. The van der Waals surface area contributed by atoms with Crippen LogP contribution in [0.15, 0.2) is 78.1 Å². The Hall–Kier alpha value is -4.18. The molecule has 1 N–H and O–H groups in total. The first-order valence-electron chi connectivity index (χ1n) is 14.1. The van der Waals surface area contributed by atoms with Gasteiger partial charge in [0.05, 0.1) is 10.6 Å². The van der Waals surface area contributed by atoms with Gasteiger partial charge in [0.25, 0.3) is 10.0 Å². The van der Waals surface area contributed by atoms with Gasteiger partial charge in [-0.25, -0.2) is 31.1 Å². The molecule has 3 aromatic heterocycles. The van der Waals surface area contributed by atoms with Crippen molar-refractivity contribution >= 4 is 26.7 Å². The second-order valence-corrected chi connectivity index (χ2v) is 13.2. The summed E-state index contributed by atoms with van der Waals surface area (Å²) in [5.41, 5.74) is 2.13. The summed E-state index contributed by atoms with van der Waals surface area (Å²) in [7, 11) is -4.23. The van der Waals surface area contributed by atoms with Crippen molar-refractivity contribution in [1.29, 1.82) is 0 Å². The van der Waals surface area contributed by atoms with Crippen LogP contribution >= 0.6 is 0 Å². The molecule has 0 saturated heterocycles. The van der Waals surface area contributed by atoms with E-state index >= 15 is 4.39 Å². The summed E-state index contributed by atoms with van der Waals surface area (Å²) in [6.07, 6.45) is 10.6. The van der Waals surface area contributed by atoms with E-state index in [1.807, 2.05) is 19.1 Å². The largest absolute Gasteiger partial charge is 0.367 e. The van der Waals surface area contributed by atoms with Crippen LogP contribution in [0.2, 0.25) is 0 Å². The van der Waals surface area contributed by atoms with Crippen molar-refractivity contribution in [2.45, 2.75) is 50.0 Å². The maximum absolute atomic E-state index is 15.4. The van der Waals surface area contributed by atoms with Crippen LogP contribution in [-0.4, -0.2) is 33.4 Å². The Morgan fingerprint density at radius 1 is 0.976 bits per heavy atom. The minimum Gasteiger partial charge on any atom is -0.367 e. The highest BCUT2D eigenvalue weighted by atomic mass is 32.2. The number of aromatic nitrogens is 4. The summed E-state index contributed by atoms with van der Waals surface area (Å²) in [4.78, 5) is 13.8. The van der Waals surface area contributed by atoms with Crippen molar-refractivity contribution in [1.82, 2.24) is 18.9 Å². The fraction of sp³-hybridized carbons (Fsp3) is 0.281. The highest BCUT2D eigenvalue weighted by Gasteiger charge is 2.36. The molecular formula is C32H29F2N5O2S. The van der Waals surface area contributed by atoms with Crippen molar-refractivity contribution in [3.63, 3.8) is 0 Å². The number of hydrogen-bond acceptors (Lipinski definition) is 6. The van der Waals surface area contributed by atoms with E-state index in [9.17, 15) is 12.8 Å². The molecule has 3 aliphatic carbocycles. The van der Waals surface area contributed by atoms with Gasteiger partial charge < -0.3 is 5.32 Å². The molecule has 2 aromatic carbocycles. The third kappa shape index (κ3) is 4.73. The van der Waals surface area contributed by atoms with E-state index in [-0.39, 0.29) is 33.2 Å². The number of anilines is 1. The number of hydrogen-bond donors (Lipinski definition) is 1. The minimum absolute atomic E-state index is 0.0139. The van der Waals surface area contributed by atoms with Gasteiger partial charge in [-0.2, -0.15) is 0 Å². The van der Waals surface area contributed by atoms with E-state index in [1.54, 1.807) is 30.6 Å². The quantitative estimate of drug-likeness (QED) is 0.231. The standard InChI is InChI=1S/C32H29F2N5O2S/c1-19-4-10-24(11-5-19)42(40,41)39-18-26(25-14-23(33)15-27(34)31(25)39)32-37-29(22-3-2-12-35-17-22)16-30(38-32)36-28-13-20-6-8-21(28)9-7-20/h2-5,10-12,14-18,20-21,28H,6-9,13H2,1H3,(H,36,37,38). The number of rotatable bonds is 6. The van der Waals surface area contributed by atoms with Gasteiger partial charge in [0.2, 0.25) is 0 Å². The molecule has 0 spiro atoms. The first kappa shape index (κ1) is 26.7. The third-order valence-electron chi connectivity index (χ3n) is 8.67. The fourth-order valence-corrected chi connectivity index (χ4v) is 7.86. The van der Waals surface area contributed by atoms with E-state index in [4.69, 9.17) is 9.97 Å². The average Bonchev–Trinajstić information content (AvgIpc) is 3.39. The molecular weight excluding hydrogens is 556 g/mol. The molecule has 3 saturated carbocycles. The number of aryl methyl sites for hydroxylation is 1. The first-order chi connectivity index (χ1) is 20.3. The molecule has 7 nitrogen and oxygen atoms in total. The van der Waals surface area contributed by atoms with Crippen LogP contribution in [0.25, 0.3) is 33.5 Å². The van der Waals surface area contributed by atoms with Gasteiger partial charge in [0.15, 0.2) is 11.6 Å². The zero-order valence-corrected chi connectivity index (χ0v) is 23.8. The molecule has 0 aliphatic heterocycles. The van der Waals surface area contributed by atoms with E-state index < -0.39 is 21.7 Å². The molecule has 3 aliphatic rings. The van der Waals surface area contributed by atoms with Gasteiger partial charge in [-0.1, -0.05) is 30.5 Å². The highest BCUT2D eigenvalue weighted by Crippen LogP contribution is 2.43. The van der Waals surface area contributed by atoms with E-state index in [0.717, 1.165) is 27.6 Å². The summed E-state index contributed by atoms with van der Waals surface area (Å²) < 4.78 is 58.4. The normalized spacial score (nSPS) is 20.2. The summed E-state index contributed by atoms with van der Waals surface area (Å²) in [6, 6.07) is 13.9. The second-order valence-electron chi connectivity index (χ2n) is 11.4. The lowest BCUT2D eigenvalue weighted by Crippen LogP contribution is -2.40. The molecule has 3 heterocycles. The molecule has 42 heavy (non-hydrogen) atoms. The van der Waals surface area contributed by atoms with Gasteiger partial charge in [-0.3, -0.25) is 4.98 Å². The van der Waals surface area contributed by atoms with Crippen molar-refractivity contribution in [3.05, 3.63) is 90.4 Å². The predicted octanol–water partition coefficient (Wildman–Crippen LogP) is 6.97. The molecule has 10 heteroatoms. The first-order valence-corrected chi connectivity index (χ1v) is 15.6. The molecule has 1 atom stereocenters. The van der Waals surface area contributed by atoms with Crippen LogP contribution in [0.4, 0.5) is 14.6 Å². The maximum atomic E-state index is 15.4. The minimum atomic E-state index is -4.23. The molecule has 8 rings (SSSR count). The lowest BCUT2D eigenvalue weighted by Gasteiger charge is -2.42. The molecule has 5 aromatic rings. The number of benzene rings is 2. The zero-order valence-electron chi connectivity index (χ0n) is 23.0. The molecule has 0 amide bonds. The number of halogens is 2. The molecule has 0 radical (unpaired) electrons. The Bertz CT molecular complexity index is 1900. The van der Waals surface area contributed by atoms with E-state index in [0.29, 0.717) is 29.4 Å². The van der Waals surface area contributed by atoms with Crippen molar-refractivity contribution in [3.8, 4) is 22.6 Å². The maximum Gasteiger partial charge on any atom is 0.268 e. The van der Waals surface area contributed by atoms with Crippen molar-refractivity contribution < 1.29 is 17.2 Å². The summed E-state index contributed by atoms with van der Waals surface area (Å²) in [5.74, 6) is 0.171. The number of nitrogens with zero attached hydrogens (tertiary/aromatic N) is 4. The fourth-order valence-electron chi connectivity index (χ4n) is 6.49. The third-order valence-corrected chi connectivity index (χ3v) is 10.3. The second kappa shape index (κ2) is 10.3. The topological polar surface area (TPSA) is 89.8 Å². The molecule has 214 valence electrons. The van der Waals surface area contributed by atoms with Crippen LogP contribution in [-0.2, 0) is 10.0 Å². The lowest BCUT2D eigenvalue weighted by atomic mass is 9.68. The summed E-state index contributed by atoms with van der Waals surface area (Å²) in [5, 5.41) is 3.69. The monoisotopic (exact) mass is 585 g/mol. The molecule has 1 unspecified atom stereocenters. The number of nitrogens with one attached hydrogen (secondary N) is 1. The Morgan fingerprint density at radius 2 is 1.76 bits per heavy atom. The Balaban J connectivity index is 1.41. The van der Waals surface area contributed by atoms with Gasteiger partial charge in [0.1, 0.15) is 17.2 Å². The zero-order chi connectivity index (χ0) is 29.0. The van der Waals surface area contributed by atoms with Crippen LogP contribution in [0, 0.1) is 30.4 Å². The van der Waals surface area contributed by atoms with E-state index in [2.05, 4.69) is 10.3 Å². The number of pyridine rings is 1. The smallest absolute Gasteiger partial charge is 0.268 e. The number of fused-ring (bicyclic) bond motifs is 4. The van der Waals surface area contributed by atoms with Crippen molar-refractivity contribution in [2.24, 2.45) is 11.8 Å². The van der Waals surface area contributed by atoms with Gasteiger partial charge in [0, 0.05) is 53.3 Å². The summed E-state index contributed by atoms with van der Waals surface area (Å²) >= 11 is 0.